The first-order valence-corrected chi connectivity index (χ1v) is 7.50. The van der Waals surface area contributed by atoms with E-state index in [0.29, 0.717) is 18.3 Å². The summed E-state index contributed by atoms with van der Waals surface area (Å²) in [6, 6.07) is 9.07. The maximum absolute atomic E-state index is 8.92. The van der Waals surface area contributed by atoms with Gasteiger partial charge in [-0.1, -0.05) is 19.9 Å². The Hall–Kier alpha value is -1.82. The highest BCUT2D eigenvalue weighted by atomic mass is 15.3. The van der Waals surface area contributed by atoms with E-state index in [4.69, 9.17) is 10.4 Å². The second-order valence-corrected chi connectivity index (χ2v) is 6.25. The number of nitriles is 1. The molecule has 3 rings (SSSR count). The van der Waals surface area contributed by atoms with Crippen LogP contribution in [0.5, 0.6) is 0 Å². The van der Waals surface area contributed by atoms with Gasteiger partial charge in [-0.05, 0) is 43.4 Å². The lowest BCUT2D eigenvalue weighted by Gasteiger charge is -2.10. The Balaban J connectivity index is 2.15. The van der Waals surface area contributed by atoms with Gasteiger partial charge >= 0.3 is 0 Å². The highest BCUT2D eigenvalue weighted by Gasteiger charge is 2.29. The minimum atomic E-state index is 0.139. The summed E-state index contributed by atoms with van der Waals surface area (Å²) in [4.78, 5) is 0. The fourth-order valence-electron chi connectivity index (χ4n) is 2.75. The van der Waals surface area contributed by atoms with Gasteiger partial charge in [-0.3, -0.25) is 4.68 Å². The van der Waals surface area contributed by atoms with Gasteiger partial charge in [-0.15, -0.1) is 0 Å². The van der Waals surface area contributed by atoms with Crippen LogP contribution in [0.3, 0.4) is 0 Å². The molecule has 0 radical (unpaired) electrons. The lowest BCUT2D eigenvalue weighted by atomic mass is 10.00. The summed E-state index contributed by atoms with van der Waals surface area (Å²) in [5, 5.41) is 15.1. The van der Waals surface area contributed by atoms with Crippen LogP contribution in [0.4, 0.5) is 0 Å². The molecular formula is C17H21N3. The third kappa shape index (κ3) is 2.20. The van der Waals surface area contributed by atoms with E-state index in [1.54, 1.807) is 0 Å². The fourth-order valence-corrected chi connectivity index (χ4v) is 2.75. The average Bonchev–Trinajstić information content (AvgIpc) is 3.19. The molecule has 1 heterocycles. The van der Waals surface area contributed by atoms with Crippen molar-refractivity contribution in [2.24, 2.45) is 0 Å². The van der Waals surface area contributed by atoms with Crippen molar-refractivity contribution in [1.29, 1.82) is 5.26 Å². The molecule has 1 aliphatic carbocycles. The Kier molecular flexibility index (Phi) is 3.25. The predicted molar refractivity (Wildman–Crippen MR) is 80.7 cm³/mol. The molecule has 3 nitrogen and oxygen atoms in total. The molecular weight excluding hydrogens is 246 g/mol. The van der Waals surface area contributed by atoms with E-state index in [1.807, 2.05) is 0 Å². The molecule has 0 amide bonds. The van der Waals surface area contributed by atoms with Crippen LogP contribution < -0.4 is 0 Å². The van der Waals surface area contributed by atoms with Gasteiger partial charge in [0.1, 0.15) is 0 Å². The first-order chi connectivity index (χ1) is 9.61. The van der Waals surface area contributed by atoms with E-state index in [1.165, 1.54) is 35.0 Å². The van der Waals surface area contributed by atoms with Gasteiger partial charge in [0, 0.05) is 11.3 Å². The van der Waals surface area contributed by atoms with Crippen LogP contribution in [0.25, 0.3) is 10.9 Å². The van der Waals surface area contributed by atoms with E-state index >= 15 is 0 Å². The zero-order chi connectivity index (χ0) is 14.3. The number of rotatable bonds is 4. The molecule has 104 valence electrons. The number of hydrogen-bond donors (Lipinski definition) is 0. The highest BCUT2D eigenvalue weighted by Crippen LogP contribution is 2.43. The molecule has 20 heavy (non-hydrogen) atoms. The fraction of sp³-hybridized carbons (Fsp3) is 0.529. The normalized spacial score (nSPS) is 16.6. The van der Waals surface area contributed by atoms with E-state index in [-0.39, 0.29) is 6.04 Å². The smallest absolute Gasteiger partial charge is 0.0734 e. The van der Waals surface area contributed by atoms with Crippen molar-refractivity contribution < 1.29 is 0 Å². The second-order valence-electron chi connectivity index (χ2n) is 6.25. The van der Waals surface area contributed by atoms with Crippen LogP contribution in [0, 0.1) is 11.3 Å². The molecule has 0 bridgehead atoms. The van der Waals surface area contributed by atoms with Gasteiger partial charge in [0.2, 0.25) is 0 Å². The van der Waals surface area contributed by atoms with Crippen molar-refractivity contribution in [2.75, 3.05) is 0 Å². The summed E-state index contributed by atoms with van der Waals surface area (Å²) >= 11 is 0. The standard InChI is InChI=1S/C17H21N3/c1-11(2)14-6-7-16-15(10-14)17(13-4-5-13)19-20(16)12(3)8-9-18/h6-7,10-13H,4-5,8H2,1-3H3/t12-/m1/s1. The largest absolute Gasteiger partial charge is 0.261 e. The van der Waals surface area contributed by atoms with Gasteiger partial charge < -0.3 is 0 Å². The van der Waals surface area contributed by atoms with Gasteiger partial charge in [0.15, 0.2) is 0 Å². The molecule has 3 heteroatoms. The van der Waals surface area contributed by atoms with Crippen LogP contribution in [0.15, 0.2) is 18.2 Å². The molecule has 1 aromatic heterocycles. The van der Waals surface area contributed by atoms with Crippen molar-refractivity contribution in [3.63, 3.8) is 0 Å². The highest BCUT2D eigenvalue weighted by molar-refractivity contribution is 5.84. The molecule has 0 saturated heterocycles. The molecule has 1 saturated carbocycles. The minimum absolute atomic E-state index is 0.139. The minimum Gasteiger partial charge on any atom is -0.261 e. The van der Waals surface area contributed by atoms with Gasteiger partial charge in [-0.25, -0.2) is 0 Å². The second kappa shape index (κ2) is 4.94. The first-order valence-electron chi connectivity index (χ1n) is 7.50. The van der Waals surface area contributed by atoms with Crippen LogP contribution in [0.2, 0.25) is 0 Å². The number of benzene rings is 1. The Morgan fingerprint density at radius 1 is 1.35 bits per heavy atom. The van der Waals surface area contributed by atoms with Crippen molar-refractivity contribution in [3.05, 3.63) is 29.5 Å². The topological polar surface area (TPSA) is 41.6 Å². The number of fused-ring (bicyclic) bond motifs is 1. The molecule has 1 aromatic carbocycles. The Morgan fingerprint density at radius 3 is 2.70 bits per heavy atom. The van der Waals surface area contributed by atoms with Gasteiger partial charge in [0.25, 0.3) is 0 Å². The molecule has 2 aromatic rings. The van der Waals surface area contributed by atoms with Crippen molar-refractivity contribution in [1.82, 2.24) is 9.78 Å². The molecule has 1 atom stereocenters. The SMILES string of the molecule is CC(C)c1ccc2c(c1)c(C1CC1)nn2[C@H](C)CC#N. The lowest BCUT2D eigenvalue weighted by Crippen LogP contribution is -2.06. The third-order valence-electron chi connectivity index (χ3n) is 4.19. The summed E-state index contributed by atoms with van der Waals surface area (Å²) in [5.74, 6) is 1.17. The van der Waals surface area contributed by atoms with E-state index in [2.05, 4.69) is 49.7 Å². The maximum Gasteiger partial charge on any atom is 0.0734 e. The summed E-state index contributed by atoms with van der Waals surface area (Å²) in [7, 11) is 0. The van der Waals surface area contributed by atoms with Crippen molar-refractivity contribution in [3.8, 4) is 6.07 Å². The van der Waals surface area contributed by atoms with Gasteiger partial charge in [-0.2, -0.15) is 10.4 Å². The van der Waals surface area contributed by atoms with E-state index < -0.39 is 0 Å². The molecule has 1 aliphatic rings. The van der Waals surface area contributed by atoms with Crippen LogP contribution >= 0.6 is 0 Å². The van der Waals surface area contributed by atoms with Crippen molar-refractivity contribution in [2.45, 2.75) is 57.9 Å². The quantitative estimate of drug-likeness (QED) is 0.817. The van der Waals surface area contributed by atoms with Crippen molar-refractivity contribution >= 4 is 10.9 Å². The first kappa shape index (κ1) is 13.2. The average molecular weight is 267 g/mol. The number of hydrogen-bond acceptors (Lipinski definition) is 2. The Bertz CT molecular complexity index is 671. The summed E-state index contributed by atoms with van der Waals surface area (Å²) in [5.41, 5.74) is 3.79. The summed E-state index contributed by atoms with van der Waals surface area (Å²) in [6.45, 7) is 6.52. The monoisotopic (exact) mass is 267 g/mol. The summed E-state index contributed by atoms with van der Waals surface area (Å²) in [6.07, 6.45) is 3.02. The Morgan fingerprint density at radius 2 is 2.10 bits per heavy atom. The predicted octanol–water partition coefficient (Wildman–Crippen LogP) is 4.51. The lowest BCUT2D eigenvalue weighted by molar-refractivity contribution is 0.511. The number of nitrogens with zero attached hydrogens (tertiary/aromatic N) is 3. The zero-order valence-corrected chi connectivity index (χ0v) is 12.4. The molecule has 0 spiro atoms. The third-order valence-corrected chi connectivity index (χ3v) is 4.19. The Labute approximate surface area is 120 Å². The number of aromatic nitrogens is 2. The summed E-state index contributed by atoms with van der Waals surface area (Å²) < 4.78 is 2.05. The molecule has 1 fully saturated rings. The molecule has 0 aliphatic heterocycles. The van der Waals surface area contributed by atoms with Crippen LogP contribution in [0.1, 0.15) is 69.2 Å². The van der Waals surface area contributed by atoms with E-state index in [0.717, 1.165) is 0 Å². The van der Waals surface area contributed by atoms with Gasteiger partial charge in [0.05, 0.1) is 29.7 Å². The maximum atomic E-state index is 8.92. The van der Waals surface area contributed by atoms with E-state index in [9.17, 15) is 0 Å². The van der Waals surface area contributed by atoms with Crippen LogP contribution in [-0.2, 0) is 0 Å². The zero-order valence-electron chi connectivity index (χ0n) is 12.4. The van der Waals surface area contributed by atoms with Crippen LogP contribution in [-0.4, -0.2) is 9.78 Å². The molecule has 0 unspecified atom stereocenters. The molecule has 0 N–H and O–H groups in total.